The number of aromatic nitrogens is 6. The number of fused-ring (bicyclic) bond motifs is 3. The quantitative estimate of drug-likeness (QED) is 0.0888. The molecule has 18 nitrogen and oxygen atoms in total. The monoisotopic (exact) mass is 1360 g/mol. The van der Waals surface area contributed by atoms with E-state index in [9.17, 15) is 39.5 Å². The van der Waals surface area contributed by atoms with Crippen molar-refractivity contribution in [2.45, 2.75) is 75.9 Å². The molecule has 6 aliphatic rings. The van der Waals surface area contributed by atoms with Crippen LogP contribution in [0.5, 0.6) is 0 Å². The fourth-order valence-electron chi connectivity index (χ4n) is 12.0. The first kappa shape index (κ1) is 67.2. The highest BCUT2D eigenvalue weighted by molar-refractivity contribution is 14.1. The highest BCUT2D eigenvalue weighted by atomic mass is 127. The van der Waals surface area contributed by atoms with E-state index in [1.54, 1.807) is 36.4 Å². The van der Waals surface area contributed by atoms with Gasteiger partial charge in [0.15, 0.2) is 17.1 Å². The average molecular weight is 1360 g/mol. The van der Waals surface area contributed by atoms with Gasteiger partial charge in [0.1, 0.15) is 16.6 Å². The van der Waals surface area contributed by atoms with Gasteiger partial charge in [0, 0.05) is 170 Å². The average Bonchev–Trinajstić information content (AvgIpc) is 1.00. The van der Waals surface area contributed by atoms with E-state index in [1.165, 1.54) is 50.3 Å². The molecule has 6 aromatic rings. The van der Waals surface area contributed by atoms with Gasteiger partial charge < -0.3 is 48.9 Å². The standard InChI is InChI=1S/2C20H26F3N5O.C15H15F3IN3O.C5H12N2/c2*1-14-11-28(13-15(29-14)12-27-8-6-26(2)7-9-27)17-10-25-19(20(21,22)23)18-16(17)4-3-5-24-18;1-9-7-22(8-10(5-19)23-9)12-6-21-14(15(16,17)18)13-11(12)3-2-4-20-13;1-7-4-2-6-3-5-7/h2*3-5,10,14-15H,6-9,11-13H2,1-2H3;2-4,6,9-10H,5,7-8H2,1H3;6H,2-5H2,1H3/t2*14-,15+;9-,10+;/m111./s1. The van der Waals surface area contributed by atoms with Crippen molar-refractivity contribution in [1.82, 2.24) is 59.7 Å². The summed E-state index contributed by atoms with van der Waals surface area (Å²) in [5, 5.41) is 4.69. The smallest absolute Gasteiger partial charge is 0.371 e. The van der Waals surface area contributed by atoms with Gasteiger partial charge in [-0.25, -0.2) is 15.0 Å². The summed E-state index contributed by atoms with van der Waals surface area (Å²) in [5.74, 6) is 0. The number of nitrogens with one attached hydrogen (secondary N) is 1. The molecule has 0 aromatic carbocycles. The molecule has 0 radical (unpaired) electrons. The Labute approximate surface area is 521 Å². The zero-order valence-corrected chi connectivity index (χ0v) is 52.7. The number of halogens is 10. The first-order chi connectivity index (χ1) is 41.9. The van der Waals surface area contributed by atoms with Gasteiger partial charge in [-0.1, -0.05) is 22.6 Å². The maximum absolute atomic E-state index is 13.4. The first-order valence-electron chi connectivity index (χ1n) is 29.8. The number of pyridine rings is 6. The van der Waals surface area contributed by atoms with Crippen molar-refractivity contribution in [2.24, 2.45) is 0 Å². The van der Waals surface area contributed by atoms with Gasteiger partial charge in [0.25, 0.3) is 0 Å². The Hall–Kier alpha value is -5.18. The van der Waals surface area contributed by atoms with E-state index in [4.69, 9.17) is 14.2 Å². The second kappa shape index (κ2) is 29.8. The molecule has 0 saturated carbocycles. The maximum atomic E-state index is 13.4. The van der Waals surface area contributed by atoms with Crippen molar-refractivity contribution in [1.29, 1.82) is 0 Å². The van der Waals surface area contributed by atoms with E-state index in [1.807, 2.05) is 25.7 Å². The lowest BCUT2D eigenvalue weighted by atomic mass is 10.1. The van der Waals surface area contributed by atoms with Crippen LogP contribution in [0.2, 0.25) is 0 Å². The molecule has 0 bridgehead atoms. The number of piperazine rings is 3. The molecule has 6 aliphatic heterocycles. The first-order valence-corrected chi connectivity index (χ1v) is 31.3. The van der Waals surface area contributed by atoms with Crippen LogP contribution in [0.1, 0.15) is 37.9 Å². The van der Waals surface area contributed by atoms with Crippen LogP contribution in [0.25, 0.3) is 32.7 Å². The molecular formula is C60H79F9IN15O3. The van der Waals surface area contributed by atoms with Gasteiger partial charge >= 0.3 is 18.5 Å². The Bertz CT molecular complexity index is 3060. The zero-order chi connectivity index (χ0) is 62.9. The molecule has 1 N–H and O–H groups in total. The molecule has 6 saturated heterocycles. The van der Waals surface area contributed by atoms with Crippen molar-refractivity contribution >= 4 is 72.4 Å². The summed E-state index contributed by atoms with van der Waals surface area (Å²) < 4.78 is 138. The predicted molar refractivity (Wildman–Crippen MR) is 330 cm³/mol. The number of alkyl halides is 10. The molecular weight excluding hydrogens is 1280 g/mol. The lowest BCUT2D eigenvalue weighted by molar-refractivity contribution is -0.140. The third kappa shape index (κ3) is 17.6. The van der Waals surface area contributed by atoms with Crippen molar-refractivity contribution in [3.05, 3.63) is 90.7 Å². The second-order valence-corrected chi connectivity index (χ2v) is 24.4. The fraction of sp³-hybridized carbons (Fsp3) is 0.600. The van der Waals surface area contributed by atoms with Crippen LogP contribution in [0, 0.1) is 0 Å². The van der Waals surface area contributed by atoms with E-state index >= 15 is 0 Å². The van der Waals surface area contributed by atoms with E-state index in [0.717, 1.165) is 83.0 Å². The molecule has 6 atom stereocenters. The minimum absolute atomic E-state index is 0.00355. The lowest BCUT2D eigenvalue weighted by Gasteiger charge is -2.41. The molecule has 482 valence electrons. The largest absolute Gasteiger partial charge is 0.435 e. The van der Waals surface area contributed by atoms with E-state index in [2.05, 4.69) is 113 Å². The van der Waals surface area contributed by atoms with Crippen LogP contribution in [-0.2, 0) is 32.7 Å². The molecule has 12 heterocycles. The minimum atomic E-state index is -4.53. The number of likely N-dealkylation sites (N-methyl/N-ethyl adjacent to an activating group) is 3. The van der Waals surface area contributed by atoms with Gasteiger partial charge in [0.05, 0.1) is 72.3 Å². The van der Waals surface area contributed by atoms with Crippen LogP contribution >= 0.6 is 22.6 Å². The maximum Gasteiger partial charge on any atom is 0.435 e. The van der Waals surface area contributed by atoms with Gasteiger partial charge in [-0.3, -0.25) is 24.8 Å². The number of morpholine rings is 3. The predicted octanol–water partition coefficient (Wildman–Crippen LogP) is 8.18. The highest BCUT2D eigenvalue weighted by Gasteiger charge is 2.40. The van der Waals surface area contributed by atoms with E-state index in [-0.39, 0.29) is 53.2 Å². The number of hydrogen-bond acceptors (Lipinski definition) is 18. The number of nitrogens with zero attached hydrogens (tertiary/aromatic N) is 14. The van der Waals surface area contributed by atoms with Gasteiger partial charge in [0.2, 0.25) is 0 Å². The highest BCUT2D eigenvalue weighted by Crippen LogP contribution is 2.40. The SMILES string of the molecule is CN1CCNCC1.C[C@@H]1CN(c2cnc(C(F)(F)F)c3ncccc23)C[C@H](CI)O1.C[C@@H]1CN(c2cnc(C(F)(F)F)c3ncccc23)C[C@H](CN2CCN(C)CC2)O1.C[C@@H]1CN(c2cnc(C(F)(F)F)c3ncccc23)C[C@H](CN2CCN(C)CC2)O1. The van der Waals surface area contributed by atoms with Crippen LogP contribution in [0.3, 0.4) is 0 Å². The van der Waals surface area contributed by atoms with Crippen molar-refractivity contribution in [2.75, 3.05) is 171 Å². The van der Waals surface area contributed by atoms with Gasteiger partial charge in [-0.15, -0.1) is 0 Å². The molecule has 0 spiro atoms. The van der Waals surface area contributed by atoms with Crippen LogP contribution in [0.15, 0.2) is 73.6 Å². The third-order valence-corrected chi connectivity index (χ3v) is 17.3. The molecule has 88 heavy (non-hydrogen) atoms. The van der Waals surface area contributed by atoms with Crippen molar-refractivity contribution in [3.63, 3.8) is 0 Å². The van der Waals surface area contributed by atoms with E-state index < -0.39 is 35.6 Å². The molecule has 6 aromatic heterocycles. The lowest BCUT2D eigenvalue weighted by Crippen LogP contribution is -2.53. The van der Waals surface area contributed by atoms with Crippen molar-refractivity contribution in [3.8, 4) is 0 Å². The Balaban J connectivity index is 0.000000149. The van der Waals surface area contributed by atoms with Crippen LogP contribution in [0.4, 0.5) is 56.6 Å². The summed E-state index contributed by atoms with van der Waals surface area (Å²) in [6.45, 7) is 24.2. The summed E-state index contributed by atoms with van der Waals surface area (Å²) in [6, 6.07) is 10.0. The summed E-state index contributed by atoms with van der Waals surface area (Å²) in [7, 11) is 6.39. The fourth-order valence-corrected chi connectivity index (χ4v) is 12.5. The Kier molecular flexibility index (Phi) is 22.8. The number of ether oxygens (including phenoxy) is 3. The third-order valence-electron chi connectivity index (χ3n) is 16.3. The molecule has 0 unspecified atom stereocenters. The topological polar surface area (TPSA) is 143 Å². The van der Waals surface area contributed by atoms with E-state index in [0.29, 0.717) is 72.5 Å². The second-order valence-electron chi connectivity index (χ2n) is 23.5. The Morgan fingerprint density at radius 3 is 1.05 bits per heavy atom. The normalized spacial score (nSPS) is 24.3. The zero-order valence-electron chi connectivity index (χ0n) is 50.5. The minimum Gasteiger partial charge on any atom is -0.371 e. The number of anilines is 3. The molecule has 28 heteroatoms. The summed E-state index contributed by atoms with van der Waals surface area (Å²) in [4.78, 5) is 41.0. The summed E-state index contributed by atoms with van der Waals surface area (Å²) >= 11 is 2.25. The Morgan fingerprint density at radius 1 is 0.443 bits per heavy atom. The summed E-state index contributed by atoms with van der Waals surface area (Å²) in [6.07, 6.45) is -5.50. The molecule has 12 rings (SSSR count). The van der Waals surface area contributed by atoms with Crippen molar-refractivity contribution < 1.29 is 53.7 Å². The molecule has 0 aliphatic carbocycles. The Morgan fingerprint density at radius 2 is 0.750 bits per heavy atom. The summed E-state index contributed by atoms with van der Waals surface area (Å²) in [5.41, 5.74) is -1.10. The number of rotatable bonds is 8. The van der Waals surface area contributed by atoms with Crippen LogP contribution in [-0.4, -0.2) is 247 Å². The number of hydrogen-bond donors (Lipinski definition) is 1. The molecule has 0 amide bonds. The van der Waals surface area contributed by atoms with Gasteiger partial charge in [-0.05, 0) is 78.3 Å². The van der Waals surface area contributed by atoms with Gasteiger partial charge in [-0.2, -0.15) is 39.5 Å². The van der Waals surface area contributed by atoms with Crippen LogP contribution < -0.4 is 20.0 Å². The molecule has 6 fully saturated rings.